The lowest BCUT2D eigenvalue weighted by Crippen LogP contribution is -2.22. The summed E-state index contributed by atoms with van der Waals surface area (Å²) in [5, 5.41) is 0. The molecule has 3 N–H and O–H groups in total. The van der Waals surface area contributed by atoms with E-state index in [1.54, 1.807) is 14.1 Å². The second-order valence-corrected chi connectivity index (χ2v) is 3.07. The van der Waals surface area contributed by atoms with Crippen LogP contribution in [0.4, 0.5) is 10.1 Å². The largest absolute Gasteiger partial charge is 0.345 e. The first kappa shape index (κ1) is 10.5. The summed E-state index contributed by atoms with van der Waals surface area (Å²) in [5.74, 6) is 4.36. The van der Waals surface area contributed by atoms with E-state index in [4.69, 9.17) is 5.84 Å². The van der Waals surface area contributed by atoms with E-state index >= 15 is 0 Å². The van der Waals surface area contributed by atoms with Gasteiger partial charge in [0.25, 0.3) is 5.91 Å². The lowest BCUT2D eigenvalue weighted by Gasteiger charge is -2.11. The monoisotopic (exact) mass is 197 g/mol. The first-order valence-corrected chi connectivity index (χ1v) is 4.03. The van der Waals surface area contributed by atoms with Crippen molar-refractivity contribution in [3.8, 4) is 0 Å². The van der Waals surface area contributed by atoms with E-state index in [9.17, 15) is 9.18 Å². The molecule has 76 valence electrons. The van der Waals surface area contributed by atoms with Gasteiger partial charge < -0.3 is 10.3 Å². The molecule has 0 aliphatic heterocycles. The summed E-state index contributed by atoms with van der Waals surface area (Å²) in [7, 11) is 3.20. The molecule has 0 bridgehead atoms. The molecule has 0 fully saturated rings. The second-order valence-electron chi connectivity index (χ2n) is 3.07. The maximum Gasteiger partial charge on any atom is 0.253 e. The molecule has 1 aromatic carbocycles. The second kappa shape index (κ2) is 4.06. The molecule has 0 spiro atoms. The van der Waals surface area contributed by atoms with Crippen LogP contribution < -0.4 is 11.3 Å². The molecule has 0 unspecified atom stereocenters. The number of carbonyl (C=O) groups excluding carboxylic acids is 1. The number of nitrogens with zero attached hydrogens (tertiary/aromatic N) is 1. The zero-order valence-corrected chi connectivity index (χ0v) is 8.04. The van der Waals surface area contributed by atoms with Crippen molar-refractivity contribution in [3.05, 3.63) is 29.6 Å². The Morgan fingerprint density at radius 3 is 2.57 bits per heavy atom. The molecule has 1 rings (SSSR count). The Morgan fingerprint density at radius 1 is 1.43 bits per heavy atom. The van der Waals surface area contributed by atoms with Crippen LogP contribution in [0.2, 0.25) is 0 Å². The standard InChI is InChI=1S/C9H12FN3O/c1-13(2)9(14)6-3-7(10)5-8(4-6)12-11/h3-5,12H,11H2,1-2H3. The number of carbonyl (C=O) groups is 1. The number of hydrazine groups is 1. The molecule has 0 aliphatic rings. The molecule has 0 saturated heterocycles. The fraction of sp³-hybridized carbons (Fsp3) is 0.222. The first-order chi connectivity index (χ1) is 6.54. The summed E-state index contributed by atoms with van der Waals surface area (Å²) in [5.41, 5.74) is 2.93. The van der Waals surface area contributed by atoms with Gasteiger partial charge in [0.1, 0.15) is 5.82 Å². The number of hydrogen-bond donors (Lipinski definition) is 2. The molecule has 14 heavy (non-hydrogen) atoms. The average molecular weight is 197 g/mol. The van der Waals surface area contributed by atoms with E-state index < -0.39 is 5.82 Å². The Balaban J connectivity index is 3.09. The van der Waals surface area contributed by atoms with Crippen LogP contribution in [0.1, 0.15) is 10.4 Å². The van der Waals surface area contributed by atoms with Crippen molar-refractivity contribution in [2.24, 2.45) is 5.84 Å². The zero-order valence-electron chi connectivity index (χ0n) is 8.04. The minimum Gasteiger partial charge on any atom is -0.345 e. The van der Waals surface area contributed by atoms with E-state index in [0.717, 1.165) is 0 Å². The van der Waals surface area contributed by atoms with Crippen molar-refractivity contribution >= 4 is 11.6 Å². The Morgan fingerprint density at radius 2 is 2.07 bits per heavy atom. The highest BCUT2D eigenvalue weighted by atomic mass is 19.1. The molecule has 0 aliphatic carbocycles. The predicted octanol–water partition coefficient (Wildman–Crippen LogP) is 0.813. The number of anilines is 1. The van der Waals surface area contributed by atoms with E-state index in [-0.39, 0.29) is 11.5 Å². The zero-order chi connectivity index (χ0) is 10.7. The van der Waals surface area contributed by atoms with Crippen molar-refractivity contribution < 1.29 is 9.18 Å². The number of nitrogens with two attached hydrogens (primary N) is 1. The normalized spacial score (nSPS) is 9.71. The van der Waals surface area contributed by atoms with Gasteiger partial charge in [-0.3, -0.25) is 10.6 Å². The van der Waals surface area contributed by atoms with Gasteiger partial charge in [-0.25, -0.2) is 4.39 Å². The number of halogens is 1. The molecular weight excluding hydrogens is 185 g/mol. The summed E-state index contributed by atoms with van der Waals surface area (Å²) < 4.78 is 13.0. The molecule has 5 heteroatoms. The Hall–Kier alpha value is -1.62. The van der Waals surface area contributed by atoms with Gasteiger partial charge in [-0.05, 0) is 18.2 Å². The lowest BCUT2D eigenvalue weighted by atomic mass is 10.2. The molecule has 4 nitrogen and oxygen atoms in total. The predicted molar refractivity (Wildman–Crippen MR) is 52.2 cm³/mol. The molecule has 0 saturated carbocycles. The van der Waals surface area contributed by atoms with Gasteiger partial charge in [-0.1, -0.05) is 0 Å². The Kier molecular flexibility index (Phi) is 3.03. The van der Waals surface area contributed by atoms with E-state index in [2.05, 4.69) is 5.43 Å². The molecule has 0 atom stereocenters. The summed E-state index contributed by atoms with van der Waals surface area (Å²) in [6, 6.07) is 3.88. The maximum atomic E-state index is 13.0. The van der Waals surface area contributed by atoms with E-state index in [0.29, 0.717) is 5.69 Å². The van der Waals surface area contributed by atoms with Crippen LogP contribution in [0.25, 0.3) is 0 Å². The summed E-state index contributed by atoms with van der Waals surface area (Å²) in [6.07, 6.45) is 0. The third-order valence-electron chi connectivity index (χ3n) is 1.72. The highest BCUT2D eigenvalue weighted by molar-refractivity contribution is 5.94. The van der Waals surface area contributed by atoms with Crippen molar-refractivity contribution in [3.63, 3.8) is 0 Å². The van der Waals surface area contributed by atoms with Gasteiger partial charge in [0.2, 0.25) is 0 Å². The van der Waals surface area contributed by atoms with Crippen LogP contribution in [-0.4, -0.2) is 24.9 Å². The highest BCUT2D eigenvalue weighted by Gasteiger charge is 2.10. The van der Waals surface area contributed by atoms with Gasteiger partial charge in [0.15, 0.2) is 0 Å². The van der Waals surface area contributed by atoms with Crippen LogP contribution in [-0.2, 0) is 0 Å². The molecule has 0 radical (unpaired) electrons. The molecule has 0 aromatic heterocycles. The number of nitrogens with one attached hydrogen (secondary N) is 1. The smallest absolute Gasteiger partial charge is 0.253 e. The minimum absolute atomic E-state index is 0.263. The first-order valence-electron chi connectivity index (χ1n) is 4.03. The number of benzene rings is 1. The van der Waals surface area contributed by atoms with Gasteiger partial charge >= 0.3 is 0 Å². The number of nitrogen functional groups attached to an aromatic ring is 1. The number of rotatable bonds is 2. The average Bonchev–Trinajstić information content (AvgIpc) is 2.15. The summed E-state index contributed by atoms with van der Waals surface area (Å²) >= 11 is 0. The van der Waals surface area contributed by atoms with Gasteiger partial charge in [0.05, 0.1) is 5.69 Å². The molecule has 1 aromatic rings. The lowest BCUT2D eigenvalue weighted by molar-refractivity contribution is 0.0827. The van der Waals surface area contributed by atoms with E-state index in [1.165, 1.54) is 23.1 Å². The van der Waals surface area contributed by atoms with Crippen molar-refractivity contribution in [2.45, 2.75) is 0 Å². The van der Waals surface area contributed by atoms with Crippen LogP contribution in [0, 0.1) is 5.82 Å². The topological polar surface area (TPSA) is 58.4 Å². The highest BCUT2D eigenvalue weighted by Crippen LogP contribution is 2.13. The van der Waals surface area contributed by atoms with Crippen LogP contribution in [0.5, 0.6) is 0 Å². The SMILES string of the molecule is CN(C)C(=O)c1cc(F)cc(NN)c1. The molecule has 1 amide bonds. The summed E-state index contributed by atoms with van der Waals surface area (Å²) in [6.45, 7) is 0. The molecular formula is C9H12FN3O. The molecule has 0 heterocycles. The fourth-order valence-electron chi connectivity index (χ4n) is 1.05. The number of hydrogen-bond acceptors (Lipinski definition) is 3. The maximum absolute atomic E-state index is 13.0. The Bertz CT molecular complexity index is 352. The minimum atomic E-state index is -0.495. The quantitative estimate of drug-likeness (QED) is 0.545. The Labute approximate surface area is 81.5 Å². The van der Waals surface area contributed by atoms with Gasteiger partial charge in [0, 0.05) is 19.7 Å². The van der Waals surface area contributed by atoms with Crippen molar-refractivity contribution in [1.82, 2.24) is 4.90 Å². The van der Waals surface area contributed by atoms with E-state index in [1.807, 2.05) is 0 Å². The van der Waals surface area contributed by atoms with Gasteiger partial charge in [-0.2, -0.15) is 0 Å². The third kappa shape index (κ3) is 2.20. The van der Waals surface area contributed by atoms with Crippen LogP contribution >= 0.6 is 0 Å². The number of amides is 1. The fourth-order valence-corrected chi connectivity index (χ4v) is 1.05. The van der Waals surface area contributed by atoms with Crippen molar-refractivity contribution in [2.75, 3.05) is 19.5 Å². The van der Waals surface area contributed by atoms with Crippen molar-refractivity contribution in [1.29, 1.82) is 0 Å². The van der Waals surface area contributed by atoms with Gasteiger partial charge in [-0.15, -0.1) is 0 Å². The van der Waals surface area contributed by atoms with Crippen LogP contribution in [0.15, 0.2) is 18.2 Å². The summed E-state index contributed by atoms with van der Waals surface area (Å²) in [4.78, 5) is 12.8. The third-order valence-corrected chi connectivity index (χ3v) is 1.72. The van der Waals surface area contributed by atoms with Crippen LogP contribution in [0.3, 0.4) is 0 Å².